The topological polar surface area (TPSA) is 71.1 Å². The Balaban J connectivity index is 1.73. The van der Waals surface area contributed by atoms with Crippen LogP contribution in [0.1, 0.15) is 18.5 Å². The van der Waals surface area contributed by atoms with Crippen molar-refractivity contribution in [2.24, 2.45) is 5.92 Å². The van der Waals surface area contributed by atoms with Crippen molar-refractivity contribution in [2.75, 3.05) is 11.9 Å². The second kappa shape index (κ2) is 4.61. The van der Waals surface area contributed by atoms with Crippen molar-refractivity contribution >= 4 is 28.3 Å². The lowest BCUT2D eigenvalue weighted by molar-refractivity contribution is -0.125. The zero-order chi connectivity index (χ0) is 11.5. The van der Waals surface area contributed by atoms with E-state index in [0.29, 0.717) is 5.13 Å². The Morgan fingerprint density at radius 1 is 1.56 bits per heavy atom. The van der Waals surface area contributed by atoms with Gasteiger partial charge in [-0.2, -0.15) is 0 Å². The zero-order valence-electron chi connectivity index (χ0n) is 8.95. The summed E-state index contributed by atoms with van der Waals surface area (Å²) in [5.41, 5.74) is 0.877. The maximum atomic E-state index is 11.4. The highest BCUT2D eigenvalue weighted by molar-refractivity contribution is 7.13. The van der Waals surface area contributed by atoms with Gasteiger partial charge in [-0.25, -0.2) is 4.98 Å². The van der Waals surface area contributed by atoms with Crippen molar-refractivity contribution in [3.63, 3.8) is 0 Å². The van der Waals surface area contributed by atoms with Gasteiger partial charge in [0.15, 0.2) is 5.13 Å². The molecule has 1 aliphatic carbocycles. The van der Waals surface area contributed by atoms with E-state index in [2.05, 4.69) is 15.6 Å². The molecule has 0 radical (unpaired) electrons. The van der Waals surface area contributed by atoms with Gasteiger partial charge < -0.3 is 10.6 Å². The van der Waals surface area contributed by atoms with Crippen molar-refractivity contribution < 1.29 is 9.59 Å². The third kappa shape index (κ3) is 3.03. The number of carbonyl (C=O) groups is 2. The minimum Gasteiger partial charge on any atom is -0.347 e. The minimum atomic E-state index is -0.233. The van der Waals surface area contributed by atoms with Crippen LogP contribution in [0, 0.1) is 12.8 Å². The molecule has 2 rings (SSSR count). The summed E-state index contributed by atoms with van der Waals surface area (Å²) in [6.07, 6.45) is 1.89. The molecular weight excluding hydrogens is 226 g/mol. The number of nitrogens with one attached hydrogen (secondary N) is 2. The monoisotopic (exact) mass is 239 g/mol. The van der Waals surface area contributed by atoms with Gasteiger partial charge in [-0.3, -0.25) is 9.59 Å². The van der Waals surface area contributed by atoms with E-state index < -0.39 is 0 Å². The van der Waals surface area contributed by atoms with Gasteiger partial charge in [0.1, 0.15) is 0 Å². The van der Waals surface area contributed by atoms with Gasteiger partial charge in [-0.05, 0) is 19.8 Å². The van der Waals surface area contributed by atoms with E-state index in [1.807, 2.05) is 12.3 Å². The van der Waals surface area contributed by atoms with E-state index in [9.17, 15) is 9.59 Å². The van der Waals surface area contributed by atoms with Crippen LogP contribution in [0.4, 0.5) is 5.13 Å². The summed E-state index contributed by atoms with van der Waals surface area (Å²) in [4.78, 5) is 26.8. The molecule has 0 aromatic carbocycles. The fourth-order valence-corrected chi connectivity index (χ4v) is 1.94. The van der Waals surface area contributed by atoms with E-state index >= 15 is 0 Å². The Morgan fingerprint density at radius 3 is 2.88 bits per heavy atom. The molecule has 86 valence electrons. The van der Waals surface area contributed by atoms with Crippen LogP contribution < -0.4 is 10.6 Å². The number of thiazole rings is 1. The predicted octanol–water partition coefficient (Wildman–Crippen LogP) is 0.916. The van der Waals surface area contributed by atoms with Gasteiger partial charge in [-0.15, -0.1) is 11.3 Å². The Kier molecular flexibility index (Phi) is 3.19. The number of nitrogens with zero attached hydrogens (tertiary/aromatic N) is 1. The Bertz CT molecular complexity index is 412. The molecule has 6 heteroatoms. The van der Waals surface area contributed by atoms with E-state index in [1.54, 1.807) is 0 Å². The quantitative estimate of drug-likeness (QED) is 0.820. The van der Waals surface area contributed by atoms with Crippen LogP contribution in [0.5, 0.6) is 0 Å². The van der Waals surface area contributed by atoms with Crippen molar-refractivity contribution in [1.82, 2.24) is 10.3 Å². The largest absolute Gasteiger partial charge is 0.347 e. The molecule has 1 saturated carbocycles. The van der Waals surface area contributed by atoms with Crippen molar-refractivity contribution in [3.05, 3.63) is 11.1 Å². The molecule has 1 aromatic rings. The first-order valence-electron chi connectivity index (χ1n) is 5.15. The van der Waals surface area contributed by atoms with E-state index in [4.69, 9.17) is 0 Å². The lowest BCUT2D eigenvalue weighted by Gasteiger charge is -2.03. The minimum absolute atomic E-state index is 0.0218. The highest BCUT2D eigenvalue weighted by Crippen LogP contribution is 2.28. The molecule has 0 bridgehead atoms. The van der Waals surface area contributed by atoms with E-state index in [0.717, 1.165) is 18.5 Å². The summed E-state index contributed by atoms with van der Waals surface area (Å²) in [6.45, 7) is 1.88. The average Bonchev–Trinajstić information content (AvgIpc) is 3.01. The van der Waals surface area contributed by atoms with E-state index in [-0.39, 0.29) is 24.3 Å². The maximum absolute atomic E-state index is 11.4. The number of hydrogen-bond donors (Lipinski definition) is 2. The number of rotatable bonds is 4. The van der Waals surface area contributed by atoms with Gasteiger partial charge in [0.2, 0.25) is 11.8 Å². The standard InChI is InChI=1S/C10H13N3O2S/c1-6-5-16-10(12-6)13-8(14)4-11-9(15)7-2-3-7/h5,7H,2-4H2,1H3,(H,11,15)(H,12,13,14). The summed E-state index contributed by atoms with van der Waals surface area (Å²) >= 11 is 1.38. The summed E-state index contributed by atoms with van der Waals surface area (Å²) in [7, 11) is 0. The molecule has 0 atom stereocenters. The second-order valence-corrected chi connectivity index (χ2v) is 4.69. The highest BCUT2D eigenvalue weighted by Gasteiger charge is 2.29. The number of carbonyl (C=O) groups excluding carboxylic acids is 2. The molecule has 0 unspecified atom stereocenters. The van der Waals surface area contributed by atoms with Gasteiger partial charge in [-0.1, -0.05) is 0 Å². The molecule has 5 nitrogen and oxygen atoms in total. The molecule has 1 aliphatic rings. The van der Waals surface area contributed by atoms with Crippen LogP contribution in [0.3, 0.4) is 0 Å². The Labute approximate surface area is 97.3 Å². The second-order valence-electron chi connectivity index (χ2n) is 3.83. The number of aromatic nitrogens is 1. The normalized spacial score (nSPS) is 14.6. The van der Waals surface area contributed by atoms with Gasteiger partial charge in [0.25, 0.3) is 0 Å². The SMILES string of the molecule is Cc1csc(NC(=O)CNC(=O)C2CC2)n1. The van der Waals surface area contributed by atoms with Crippen molar-refractivity contribution in [1.29, 1.82) is 0 Å². The molecule has 1 fully saturated rings. The first-order chi connectivity index (χ1) is 7.65. The lowest BCUT2D eigenvalue weighted by Crippen LogP contribution is -2.33. The summed E-state index contributed by atoms with van der Waals surface area (Å²) < 4.78 is 0. The molecule has 0 saturated heterocycles. The smallest absolute Gasteiger partial charge is 0.245 e. The predicted molar refractivity (Wildman–Crippen MR) is 61.2 cm³/mol. The summed E-state index contributed by atoms with van der Waals surface area (Å²) in [6, 6.07) is 0. The molecule has 0 aliphatic heterocycles. The third-order valence-corrected chi connectivity index (χ3v) is 3.11. The van der Waals surface area contributed by atoms with Gasteiger partial charge >= 0.3 is 0 Å². The molecule has 16 heavy (non-hydrogen) atoms. The Hall–Kier alpha value is -1.43. The highest BCUT2D eigenvalue weighted by atomic mass is 32.1. The fourth-order valence-electron chi connectivity index (χ4n) is 1.23. The molecular formula is C10H13N3O2S. The van der Waals surface area contributed by atoms with Crippen LogP contribution in [0.2, 0.25) is 0 Å². The number of anilines is 1. The zero-order valence-corrected chi connectivity index (χ0v) is 9.76. The number of hydrogen-bond acceptors (Lipinski definition) is 4. The summed E-state index contributed by atoms with van der Waals surface area (Å²) in [5.74, 6) is -0.122. The fraction of sp³-hybridized carbons (Fsp3) is 0.500. The van der Waals surface area contributed by atoms with Gasteiger partial charge in [0.05, 0.1) is 12.2 Å². The van der Waals surface area contributed by atoms with Crippen LogP contribution in [-0.4, -0.2) is 23.3 Å². The molecule has 2 amide bonds. The number of aryl methyl sites for hydroxylation is 1. The van der Waals surface area contributed by atoms with Crippen molar-refractivity contribution in [2.45, 2.75) is 19.8 Å². The first-order valence-corrected chi connectivity index (χ1v) is 6.03. The lowest BCUT2D eigenvalue weighted by atomic mass is 10.4. The van der Waals surface area contributed by atoms with Gasteiger partial charge in [0, 0.05) is 11.3 Å². The van der Waals surface area contributed by atoms with Crippen LogP contribution in [0.15, 0.2) is 5.38 Å². The Morgan fingerprint density at radius 2 is 2.31 bits per heavy atom. The maximum Gasteiger partial charge on any atom is 0.245 e. The molecule has 0 spiro atoms. The first kappa shape index (κ1) is 11.1. The van der Waals surface area contributed by atoms with Crippen LogP contribution in [0.25, 0.3) is 0 Å². The molecule has 1 heterocycles. The van der Waals surface area contributed by atoms with Crippen molar-refractivity contribution in [3.8, 4) is 0 Å². The third-order valence-electron chi connectivity index (χ3n) is 2.24. The summed E-state index contributed by atoms with van der Waals surface area (Å²) in [5, 5.41) is 7.66. The van der Waals surface area contributed by atoms with E-state index in [1.165, 1.54) is 11.3 Å². The van der Waals surface area contributed by atoms with Crippen LogP contribution in [-0.2, 0) is 9.59 Å². The van der Waals surface area contributed by atoms with Crippen LogP contribution >= 0.6 is 11.3 Å². The average molecular weight is 239 g/mol. The number of amides is 2. The molecule has 1 aromatic heterocycles. The molecule has 2 N–H and O–H groups in total.